The lowest BCUT2D eigenvalue weighted by atomic mass is 9.93. The molecule has 0 spiro atoms. The number of hydrogen-bond acceptors (Lipinski definition) is 7. The van der Waals surface area contributed by atoms with E-state index in [1.54, 1.807) is 87.5 Å². The molecule has 42 heavy (non-hydrogen) atoms. The fourth-order valence-corrected chi connectivity index (χ4v) is 6.17. The van der Waals surface area contributed by atoms with Crippen molar-refractivity contribution in [3.05, 3.63) is 83.9 Å². The largest absolute Gasteiger partial charge is 0.377 e. The number of rotatable bonds is 11. The van der Waals surface area contributed by atoms with Crippen molar-refractivity contribution in [2.75, 3.05) is 18.5 Å². The number of amides is 1. The van der Waals surface area contributed by atoms with Gasteiger partial charge in [0.25, 0.3) is 5.91 Å². The maximum atomic E-state index is 13.6. The van der Waals surface area contributed by atoms with Crippen LogP contribution in [0.4, 0.5) is 5.69 Å². The number of nitriles is 1. The molecule has 1 amide bonds. The summed E-state index contributed by atoms with van der Waals surface area (Å²) in [4.78, 5) is 19.6. The smallest absolute Gasteiger partial charge is 0.274 e. The highest BCUT2D eigenvalue weighted by Crippen LogP contribution is 2.32. The van der Waals surface area contributed by atoms with Crippen molar-refractivity contribution >= 4 is 27.3 Å². The number of ether oxygens (including phenoxy) is 1. The zero-order valence-electron chi connectivity index (χ0n) is 24.3. The van der Waals surface area contributed by atoms with Gasteiger partial charge in [-0.1, -0.05) is 61.0 Å². The molecule has 9 nitrogen and oxygen atoms in total. The Morgan fingerprint density at radius 2 is 1.81 bits per heavy atom. The first-order valence-corrected chi connectivity index (χ1v) is 15.3. The van der Waals surface area contributed by atoms with Crippen molar-refractivity contribution in [1.29, 1.82) is 5.26 Å². The average Bonchev–Trinajstić information content (AvgIpc) is 3.40. The SMILES string of the molecule is CCCCOCC1(C(=O)Nc2ccc(-c3ccccc3S(=O)(=O)NC(C)(C)C)cc2)CC(c2cccc(C#N)c2)=NO1. The Balaban J connectivity index is 1.55. The number of benzene rings is 3. The van der Waals surface area contributed by atoms with E-state index in [1.807, 2.05) is 6.07 Å². The van der Waals surface area contributed by atoms with Crippen molar-refractivity contribution in [2.45, 2.75) is 63.0 Å². The third-order valence-corrected chi connectivity index (χ3v) is 8.39. The van der Waals surface area contributed by atoms with Crippen LogP contribution in [-0.2, 0) is 24.4 Å². The van der Waals surface area contributed by atoms with E-state index >= 15 is 0 Å². The molecule has 3 aromatic rings. The van der Waals surface area contributed by atoms with Gasteiger partial charge < -0.3 is 14.9 Å². The Bertz CT molecular complexity index is 1600. The normalized spacial score (nSPS) is 16.8. The van der Waals surface area contributed by atoms with Gasteiger partial charge in [0.15, 0.2) is 0 Å². The van der Waals surface area contributed by atoms with Crippen LogP contribution in [0.3, 0.4) is 0 Å². The quantitative estimate of drug-likeness (QED) is 0.280. The van der Waals surface area contributed by atoms with Gasteiger partial charge in [0, 0.05) is 35.4 Å². The number of carbonyl (C=O) groups is 1. The Hall–Kier alpha value is -4.04. The fourth-order valence-electron chi connectivity index (χ4n) is 4.52. The Kier molecular flexibility index (Phi) is 9.46. The first-order valence-electron chi connectivity index (χ1n) is 13.8. The zero-order valence-corrected chi connectivity index (χ0v) is 25.1. The van der Waals surface area contributed by atoms with Crippen LogP contribution in [0.5, 0.6) is 0 Å². The number of carbonyl (C=O) groups excluding carboxylic acids is 1. The molecule has 220 valence electrons. The predicted molar refractivity (Wildman–Crippen MR) is 162 cm³/mol. The third kappa shape index (κ3) is 7.42. The van der Waals surface area contributed by atoms with E-state index in [0.717, 1.165) is 12.8 Å². The van der Waals surface area contributed by atoms with Crippen LogP contribution in [0.15, 0.2) is 82.8 Å². The van der Waals surface area contributed by atoms with E-state index in [9.17, 15) is 18.5 Å². The van der Waals surface area contributed by atoms with Gasteiger partial charge in [-0.15, -0.1) is 0 Å². The first kappa shape index (κ1) is 30.9. The molecule has 1 atom stereocenters. The molecular weight excluding hydrogens is 552 g/mol. The zero-order chi connectivity index (χ0) is 30.4. The van der Waals surface area contributed by atoms with Crippen LogP contribution in [0.25, 0.3) is 11.1 Å². The number of hydrogen-bond donors (Lipinski definition) is 2. The van der Waals surface area contributed by atoms with Crippen molar-refractivity contribution in [1.82, 2.24) is 4.72 Å². The summed E-state index contributed by atoms with van der Waals surface area (Å²) < 4.78 is 34.8. The average molecular weight is 589 g/mol. The molecule has 0 fully saturated rings. The molecule has 0 saturated carbocycles. The topological polar surface area (TPSA) is 130 Å². The van der Waals surface area contributed by atoms with E-state index in [1.165, 1.54) is 0 Å². The van der Waals surface area contributed by atoms with Crippen LogP contribution >= 0.6 is 0 Å². The lowest BCUT2D eigenvalue weighted by Gasteiger charge is -2.25. The minimum Gasteiger partial charge on any atom is -0.377 e. The summed E-state index contributed by atoms with van der Waals surface area (Å²) in [5, 5.41) is 16.4. The summed E-state index contributed by atoms with van der Waals surface area (Å²) >= 11 is 0. The highest BCUT2D eigenvalue weighted by Gasteiger charge is 2.47. The maximum Gasteiger partial charge on any atom is 0.274 e. The first-order chi connectivity index (χ1) is 20.0. The molecule has 10 heteroatoms. The summed E-state index contributed by atoms with van der Waals surface area (Å²) in [6.45, 7) is 7.91. The van der Waals surface area contributed by atoms with Crippen LogP contribution in [0.1, 0.15) is 58.1 Å². The van der Waals surface area contributed by atoms with E-state index < -0.39 is 27.1 Å². The molecular formula is C32H36N4O5S. The number of nitrogens with zero attached hydrogens (tertiary/aromatic N) is 2. The maximum absolute atomic E-state index is 13.6. The van der Waals surface area contributed by atoms with E-state index in [0.29, 0.717) is 40.3 Å². The van der Waals surface area contributed by atoms with Gasteiger partial charge in [-0.3, -0.25) is 4.79 Å². The number of unbranched alkanes of at least 4 members (excludes halogenated alkanes) is 1. The van der Waals surface area contributed by atoms with Crippen molar-refractivity contribution in [3.63, 3.8) is 0 Å². The molecule has 1 unspecified atom stereocenters. The molecule has 0 aliphatic carbocycles. The van der Waals surface area contributed by atoms with Gasteiger partial charge >= 0.3 is 0 Å². The second-order valence-corrected chi connectivity index (χ2v) is 12.9. The Morgan fingerprint density at radius 3 is 2.50 bits per heavy atom. The summed E-state index contributed by atoms with van der Waals surface area (Å²) in [5.41, 5.74) is 1.46. The minimum atomic E-state index is -3.77. The number of oxime groups is 1. The van der Waals surface area contributed by atoms with Gasteiger partial charge in [-0.25, -0.2) is 13.1 Å². The molecule has 0 saturated heterocycles. The molecule has 4 rings (SSSR count). The van der Waals surface area contributed by atoms with E-state index in [4.69, 9.17) is 9.57 Å². The summed E-state index contributed by atoms with van der Waals surface area (Å²) in [5.74, 6) is -0.417. The van der Waals surface area contributed by atoms with E-state index in [2.05, 4.69) is 28.2 Å². The van der Waals surface area contributed by atoms with E-state index in [-0.39, 0.29) is 17.9 Å². The van der Waals surface area contributed by atoms with Crippen LogP contribution < -0.4 is 10.0 Å². The molecule has 1 aliphatic rings. The summed E-state index contributed by atoms with van der Waals surface area (Å²) in [7, 11) is -3.77. The van der Waals surface area contributed by atoms with Crippen molar-refractivity contribution < 1.29 is 22.8 Å². The Morgan fingerprint density at radius 1 is 1.07 bits per heavy atom. The van der Waals surface area contributed by atoms with Gasteiger partial charge in [0.1, 0.15) is 0 Å². The Labute approximate surface area is 247 Å². The van der Waals surface area contributed by atoms with Crippen LogP contribution in [0, 0.1) is 11.3 Å². The van der Waals surface area contributed by atoms with Gasteiger partial charge in [0.05, 0.1) is 28.8 Å². The van der Waals surface area contributed by atoms with Crippen molar-refractivity contribution in [2.24, 2.45) is 5.16 Å². The molecule has 1 heterocycles. The lowest BCUT2D eigenvalue weighted by Crippen LogP contribution is -2.47. The standard InChI is InChI=1S/C32H36N4O5S/c1-5-6-18-40-22-32(20-28(35-41-32)25-11-9-10-23(19-25)21-33)30(37)34-26-16-14-24(15-17-26)27-12-7-8-13-29(27)42(38,39)36-31(2,3)4/h7-17,19,36H,5-6,18,20,22H2,1-4H3,(H,34,37). The fraction of sp³-hybridized carbons (Fsp3) is 0.344. The second-order valence-electron chi connectivity index (χ2n) is 11.3. The number of sulfonamides is 1. The predicted octanol–water partition coefficient (Wildman–Crippen LogP) is 5.62. The summed E-state index contributed by atoms with van der Waals surface area (Å²) in [6, 6.07) is 22.9. The summed E-state index contributed by atoms with van der Waals surface area (Å²) in [6.07, 6.45) is 1.97. The van der Waals surface area contributed by atoms with Crippen LogP contribution in [-0.4, -0.2) is 44.4 Å². The monoisotopic (exact) mass is 588 g/mol. The van der Waals surface area contributed by atoms with Gasteiger partial charge in [-0.2, -0.15) is 5.26 Å². The molecule has 3 aromatic carbocycles. The van der Waals surface area contributed by atoms with Crippen LogP contribution in [0.2, 0.25) is 0 Å². The molecule has 0 radical (unpaired) electrons. The third-order valence-electron chi connectivity index (χ3n) is 6.57. The molecule has 2 N–H and O–H groups in total. The van der Waals surface area contributed by atoms with Gasteiger partial charge in [-0.05, 0) is 63.1 Å². The molecule has 0 aromatic heterocycles. The van der Waals surface area contributed by atoms with Gasteiger partial charge in [0.2, 0.25) is 15.6 Å². The van der Waals surface area contributed by atoms with Crippen molar-refractivity contribution in [3.8, 4) is 17.2 Å². The highest BCUT2D eigenvalue weighted by molar-refractivity contribution is 7.89. The number of nitrogens with one attached hydrogen (secondary N) is 2. The lowest BCUT2D eigenvalue weighted by molar-refractivity contribution is -0.146. The minimum absolute atomic E-state index is 0.00781. The molecule has 1 aliphatic heterocycles. The number of anilines is 1. The highest BCUT2D eigenvalue weighted by atomic mass is 32.2. The molecule has 0 bridgehead atoms. The second kappa shape index (κ2) is 12.9.